The Kier molecular flexibility index (Phi) is 6.80. The lowest BCUT2D eigenvalue weighted by Crippen LogP contribution is -2.29. The molecule has 0 unspecified atom stereocenters. The number of carbonyl (C=O) groups is 2. The quantitative estimate of drug-likeness (QED) is 0.385. The van der Waals surface area contributed by atoms with Gasteiger partial charge in [-0.25, -0.2) is 0 Å². The molecule has 2 aromatic heterocycles. The van der Waals surface area contributed by atoms with Gasteiger partial charge in [0.1, 0.15) is 21.3 Å². The van der Waals surface area contributed by atoms with E-state index in [0.29, 0.717) is 15.7 Å². The van der Waals surface area contributed by atoms with E-state index in [-0.39, 0.29) is 47.2 Å². The average molecular weight is 496 g/mol. The molecule has 0 atom stereocenters. The van der Waals surface area contributed by atoms with Crippen LogP contribution in [0.3, 0.4) is 0 Å². The number of rotatable bonds is 7. The molecule has 1 aromatic carbocycles. The van der Waals surface area contributed by atoms with Gasteiger partial charge in [0, 0.05) is 19.2 Å². The van der Waals surface area contributed by atoms with E-state index < -0.39 is 5.97 Å². The van der Waals surface area contributed by atoms with Gasteiger partial charge in [0.2, 0.25) is 5.88 Å². The van der Waals surface area contributed by atoms with Crippen molar-refractivity contribution in [1.82, 2.24) is 14.3 Å². The van der Waals surface area contributed by atoms with Crippen molar-refractivity contribution >= 4 is 51.9 Å². The molecule has 174 valence electrons. The minimum atomic E-state index is -0.940. The topological polar surface area (TPSA) is 101 Å². The zero-order valence-corrected chi connectivity index (χ0v) is 20.1. The van der Waals surface area contributed by atoms with Gasteiger partial charge in [0.15, 0.2) is 0 Å². The third-order valence-electron chi connectivity index (χ3n) is 5.17. The van der Waals surface area contributed by atoms with Crippen LogP contribution in [0.4, 0.5) is 0 Å². The van der Waals surface area contributed by atoms with Crippen LogP contribution in [0.5, 0.6) is 11.6 Å². The van der Waals surface area contributed by atoms with Crippen LogP contribution in [0, 0.1) is 13.8 Å². The lowest BCUT2D eigenvalue weighted by Gasteiger charge is -2.13. The second-order valence-corrected chi connectivity index (χ2v) is 9.45. The molecule has 0 radical (unpaired) electrons. The molecule has 4 rings (SSSR count). The summed E-state index contributed by atoms with van der Waals surface area (Å²) >= 11 is 6.38. The second-order valence-electron chi connectivity index (χ2n) is 7.77. The number of aromatic nitrogens is 2. The van der Waals surface area contributed by atoms with E-state index in [1.807, 2.05) is 38.1 Å². The normalized spacial score (nSPS) is 14.9. The van der Waals surface area contributed by atoms with Gasteiger partial charge in [-0.3, -0.25) is 23.7 Å². The number of pyridine rings is 1. The first-order valence-corrected chi connectivity index (χ1v) is 11.7. The fraction of sp³-hybridized carbons (Fsp3) is 0.208. The standard InChI is InChI=1S/C24H21N3O5S2/c1-14-6-3-8-16(12-14)32-21-17(22(30)26-10-4-7-15(2)20(26)25-21)13-18-23(31)27(24(33)34-18)11-5-9-19(28)29/h3-4,6-8,10,12-13H,5,9,11H2,1-2H3,(H,28,29)/b18-13+. The fourth-order valence-electron chi connectivity index (χ4n) is 3.50. The molecule has 1 N–H and O–H groups in total. The molecule has 1 fully saturated rings. The highest BCUT2D eigenvalue weighted by molar-refractivity contribution is 8.26. The highest BCUT2D eigenvalue weighted by Gasteiger charge is 2.32. The molecule has 0 bridgehead atoms. The molecular formula is C24H21N3O5S2. The van der Waals surface area contributed by atoms with Crippen LogP contribution in [0.15, 0.2) is 52.3 Å². The largest absolute Gasteiger partial charge is 0.481 e. The summed E-state index contributed by atoms with van der Waals surface area (Å²) in [4.78, 5) is 43.4. The maximum atomic E-state index is 13.4. The number of aliphatic carboxylic acids is 1. The molecule has 0 aliphatic carbocycles. The first-order chi connectivity index (χ1) is 16.2. The summed E-state index contributed by atoms with van der Waals surface area (Å²) in [6, 6.07) is 11.0. The first kappa shape index (κ1) is 23.7. The van der Waals surface area contributed by atoms with Gasteiger partial charge < -0.3 is 9.84 Å². The van der Waals surface area contributed by atoms with Crippen molar-refractivity contribution in [3.63, 3.8) is 0 Å². The number of carboxylic acid groups (broad SMARTS) is 1. The van der Waals surface area contributed by atoms with Crippen molar-refractivity contribution in [2.45, 2.75) is 26.7 Å². The predicted molar refractivity (Wildman–Crippen MR) is 134 cm³/mol. The van der Waals surface area contributed by atoms with Crippen LogP contribution in [0.25, 0.3) is 11.7 Å². The zero-order chi connectivity index (χ0) is 24.4. The van der Waals surface area contributed by atoms with Crippen LogP contribution >= 0.6 is 24.0 Å². The van der Waals surface area contributed by atoms with Crippen LogP contribution in [-0.4, -0.2) is 42.1 Å². The molecular weight excluding hydrogens is 474 g/mol. The Balaban J connectivity index is 1.78. The van der Waals surface area contributed by atoms with Crippen LogP contribution in [0.2, 0.25) is 0 Å². The number of ether oxygens (including phenoxy) is 1. The van der Waals surface area contributed by atoms with Gasteiger partial charge in [-0.2, -0.15) is 4.98 Å². The number of benzene rings is 1. The summed E-state index contributed by atoms with van der Waals surface area (Å²) in [5, 5.41) is 8.86. The van der Waals surface area contributed by atoms with Gasteiger partial charge in [0.05, 0.1) is 4.91 Å². The Labute approximate surface area is 204 Å². The number of thioether (sulfide) groups is 1. The maximum Gasteiger partial charge on any atom is 0.303 e. The molecule has 1 aliphatic heterocycles. The number of amides is 1. The Morgan fingerprint density at radius 1 is 1.24 bits per heavy atom. The zero-order valence-electron chi connectivity index (χ0n) is 18.5. The number of thiocarbonyl (C=S) groups is 1. The second kappa shape index (κ2) is 9.78. The van der Waals surface area contributed by atoms with Crippen molar-refractivity contribution in [3.05, 3.63) is 74.5 Å². The van der Waals surface area contributed by atoms with Crippen LogP contribution in [-0.2, 0) is 9.59 Å². The van der Waals surface area contributed by atoms with E-state index in [0.717, 1.165) is 22.9 Å². The molecule has 3 aromatic rings. The highest BCUT2D eigenvalue weighted by atomic mass is 32.2. The van der Waals surface area contributed by atoms with Crippen molar-refractivity contribution in [2.75, 3.05) is 6.54 Å². The number of nitrogens with zero attached hydrogens (tertiary/aromatic N) is 3. The van der Waals surface area contributed by atoms with E-state index in [9.17, 15) is 14.4 Å². The molecule has 0 saturated carbocycles. The minimum Gasteiger partial charge on any atom is -0.481 e. The van der Waals surface area contributed by atoms with E-state index in [1.165, 1.54) is 15.4 Å². The molecule has 10 heteroatoms. The number of hydrogen-bond acceptors (Lipinski definition) is 7. The number of aryl methyl sites for hydroxylation is 2. The SMILES string of the molecule is Cc1cccc(Oc2nc3c(C)cccn3c(=O)c2/C=C2/SC(=S)N(CCCC(=O)O)C2=O)c1. The average Bonchev–Trinajstić information content (AvgIpc) is 3.04. The Bertz CT molecular complexity index is 1410. The Hall–Kier alpha value is -3.50. The van der Waals surface area contributed by atoms with E-state index in [1.54, 1.807) is 18.3 Å². The number of carboxylic acids is 1. The summed E-state index contributed by atoms with van der Waals surface area (Å²) in [5.41, 5.74) is 1.97. The molecule has 0 spiro atoms. The minimum absolute atomic E-state index is 0.0696. The van der Waals surface area contributed by atoms with Crippen LogP contribution in [0.1, 0.15) is 29.5 Å². The summed E-state index contributed by atoms with van der Waals surface area (Å²) in [7, 11) is 0. The van der Waals surface area contributed by atoms with E-state index in [4.69, 9.17) is 22.1 Å². The molecule has 1 aliphatic rings. The van der Waals surface area contributed by atoms with Gasteiger partial charge in [-0.15, -0.1) is 0 Å². The molecule has 1 saturated heterocycles. The smallest absolute Gasteiger partial charge is 0.303 e. The summed E-state index contributed by atoms with van der Waals surface area (Å²) in [5.74, 6) is -0.721. The Morgan fingerprint density at radius 2 is 2.03 bits per heavy atom. The fourth-order valence-corrected chi connectivity index (χ4v) is 4.79. The molecule has 34 heavy (non-hydrogen) atoms. The van der Waals surface area contributed by atoms with Gasteiger partial charge in [0.25, 0.3) is 11.5 Å². The van der Waals surface area contributed by atoms with Crippen molar-refractivity contribution in [3.8, 4) is 11.6 Å². The van der Waals surface area contributed by atoms with E-state index >= 15 is 0 Å². The number of fused-ring (bicyclic) bond motifs is 1. The van der Waals surface area contributed by atoms with Crippen LogP contribution < -0.4 is 10.3 Å². The molecule has 1 amide bonds. The monoisotopic (exact) mass is 495 g/mol. The lowest BCUT2D eigenvalue weighted by atomic mass is 10.2. The molecule has 8 nitrogen and oxygen atoms in total. The predicted octanol–water partition coefficient (Wildman–Crippen LogP) is 4.17. The highest BCUT2D eigenvalue weighted by Crippen LogP contribution is 2.34. The lowest BCUT2D eigenvalue weighted by molar-refractivity contribution is -0.137. The van der Waals surface area contributed by atoms with Gasteiger partial charge >= 0.3 is 5.97 Å². The van der Waals surface area contributed by atoms with Crippen molar-refractivity contribution in [1.29, 1.82) is 0 Å². The Morgan fingerprint density at radius 3 is 2.76 bits per heavy atom. The van der Waals surface area contributed by atoms with Gasteiger partial charge in [-0.1, -0.05) is 42.2 Å². The van der Waals surface area contributed by atoms with Crippen molar-refractivity contribution < 1.29 is 19.4 Å². The third kappa shape index (κ3) is 4.87. The number of hydrogen-bond donors (Lipinski definition) is 1. The third-order valence-corrected chi connectivity index (χ3v) is 6.55. The van der Waals surface area contributed by atoms with E-state index in [2.05, 4.69) is 4.98 Å². The summed E-state index contributed by atoms with van der Waals surface area (Å²) in [6.45, 7) is 3.96. The van der Waals surface area contributed by atoms with Crippen molar-refractivity contribution in [2.24, 2.45) is 0 Å². The summed E-state index contributed by atoms with van der Waals surface area (Å²) in [6.07, 6.45) is 3.27. The maximum absolute atomic E-state index is 13.4. The molecule has 3 heterocycles. The number of carbonyl (C=O) groups excluding carboxylic acids is 1. The first-order valence-electron chi connectivity index (χ1n) is 10.5. The summed E-state index contributed by atoms with van der Waals surface area (Å²) < 4.78 is 7.75. The van der Waals surface area contributed by atoms with Gasteiger partial charge in [-0.05, 0) is 55.7 Å².